The molecule has 0 aromatic carbocycles. The Balaban J connectivity index is 2.09. The van der Waals surface area contributed by atoms with Gasteiger partial charge in [0, 0.05) is 23.2 Å². The van der Waals surface area contributed by atoms with Crippen LogP contribution in [-0.2, 0) is 0 Å². The zero-order valence-corrected chi connectivity index (χ0v) is 14.1. The molecule has 3 unspecified atom stereocenters. The topological polar surface area (TPSA) is 37.8 Å². The molecule has 1 heterocycles. The zero-order chi connectivity index (χ0) is 14.8. The van der Waals surface area contributed by atoms with Gasteiger partial charge in [0.05, 0.1) is 0 Å². The summed E-state index contributed by atoms with van der Waals surface area (Å²) >= 11 is 1.85. The fourth-order valence-corrected chi connectivity index (χ4v) is 4.35. The van der Waals surface area contributed by atoms with Crippen LogP contribution in [0.4, 0.5) is 0 Å². The summed E-state index contributed by atoms with van der Waals surface area (Å²) in [6.45, 7) is 9.12. The highest BCUT2D eigenvalue weighted by molar-refractivity contribution is 7.99. The van der Waals surface area contributed by atoms with Gasteiger partial charge in [0.1, 0.15) is 0 Å². The van der Waals surface area contributed by atoms with Crippen LogP contribution in [0.25, 0.3) is 0 Å². The molecule has 3 atom stereocenters. The SMILES string of the molecule is CNC1CCC(C(C)(C)C)CC1Sc1nccc(C)n1. The number of nitrogens with one attached hydrogen (secondary N) is 1. The number of hydrogen-bond donors (Lipinski definition) is 1. The van der Waals surface area contributed by atoms with Crippen LogP contribution in [0, 0.1) is 18.3 Å². The lowest BCUT2D eigenvalue weighted by Gasteiger charge is -2.41. The third-order valence-corrected chi connectivity index (χ3v) is 5.65. The van der Waals surface area contributed by atoms with Crippen LogP contribution in [0.5, 0.6) is 0 Å². The van der Waals surface area contributed by atoms with E-state index < -0.39 is 0 Å². The van der Waals surface area contributed by atoms with E-state index in [1.807, 2.05) is 30.9 Å². The smallest absolute Gasteiger partial charge is 0.188 e. The number of thioether (sulfide) groups is 1. The van der Waals surface area contributed by atoms with Gasteiger partial charge in [-0.2, -0.15) is 0 Å². The Morgan fingerprint density at radius 2 is 2.05 bits per heavy atom. The standard InChI is InChI=1S/C16H27N3S/c1-11-8-9-18-15(19-11)20-14-10-12(16(2,3)4)6-7-13(14)17-5/h8-9,12-14,17H,6-7,10H2,1-5H3. The summed E-state index contributed by atoms with van der Waals surface area (Å²) in [6, 6.07) is 2.53. The molecule has 20 heavy (non-hydrogen) atoms. The van der Waals surface area contributed by atoms with Gasteiger partial charge in [0.15, 0.2) is 5.16 Å². The van der Waals surface area contributed by atoms with Crippen molar-refractivity contribution >= 4 is 11.8 Å². The maximum atomic E-state index is 4.55. The summed E-state index contributed by atoms with van der Waals surface area (Å²) in [5.41, 5.74) is 1.44. The third kappa shape index (κ3) is 3.95. The van der Waals surface area contributed by atoms with E-state index in [2.05, 4.69) is 43.1 Å². The quantitative estimate of drug-likeness (QED) is 0.863. The lowest BCUT2D eigenvalue weighted by atomic mass is 9.71. The van der Waals surface area contributed by atoms with Gasteiger partial charge in [-0.15, -0.1) is 0 Å². The monoisotopic (exact) mass is 293 g/mol. The lowest BCUT2D eigenvalue weighted by Crippen LogP contribution is -2.43. The average Bonchev–Trinajstić information content (AvgIpc) is 2.37. The van der Waals surface area contributed by atoms with Gasteiger partial charge >= 0.3 is 0 Å². The van der Waals surface area contributed by atoms with Crippen LogP contribution in [-0.4, -0.2) is 28.3 Å². The molecule has 0 amide bonds. The van der Waals surface area contributed by atoms with Crippen molar-refractivity contribution in [1.29, 1.82) is 0 Å². The first-order chi connectivity index (χ1) is 9.40. The van der Waals surface area contributed by atoms with E-state index in [1.54, 1.807) is 0 Å². The van der Waals surface area contributed by atoms with Crippen molar-refractivity contribution in [1.82, 2.24) is 15.3 Å². The van der Waals surface area contributed by atoms with E-state index in [0.29, 0.717) is 16.7 Å². The summed E-state index contributed by atoms with van der Waals surface area (Å²) < 4.78 is 0. The highest BCUT2D eigenvalue weighted by Crippen LogP contribution is 2.42. The van der Waals surface area contributed by atoms with Crippen LogP contribution in [0.2, 0.25) is 0 Å². The molecule has 1 aromatic rings. The molecular weight excluding hydrogens is 266 g/mol. The van der Waals surface area contributed by atoms with Gasteiger partial charge in [-0.05, 0) is 50.6 Å². The Morgan fingerprint density at radius 1 is 1.30 bits per heavy atom. The van der Waals surface area contributed by atoms with Crippen molar-refractivity contribution in [3.8, 4) is 0 Å². The molecule has 112 valence electrons. The molecule has 0 bridgehead atoms. The average molecular weight is 293 g/mol. The lowest BCUT2D eigenvalue weighted by molar-refractivity contribution is 0.167. The van der Waals surface area contributed by atoms with Crippen molar-refractivity contribution in [2.24, 2.45) is 11.3 Å². The van der Waals surface area contributed by atoms with E-state index in [-0.39, 0.29) is 0 Å². The second-order valence-electron chi connectivity index (χ2n) is 6.91. The summed E-state index contributed by atoms with van der Waals surface area (Å²) in [7, 11) is 2.08. The molecule has 0 aliphatic heterocycles. The Morgan fingerprint density at radius 3 is 2.65 bits per heavy atom. The van der Waals surface area contributed by atoms with E-state index in [4.69, 9.17) is 0 Å². The minimum atomic E-state index is 0.394. The predicted molar refractivity (Wildman–Crippen MR) is 86.1 cm³/mol. The normalized spacial score (nSPS) is 27.6. The maximum absolute atomic E-state index is 4.55. The number of aromatic nitrogens is 2. The number of nitrogens with zero attached hydrogens (tertiary/aromatic N) is 2. The third-order valence-electron chi connectivity index (χ3n) is 4.42. The van der Waals surface area contributed by atoms with Crippen LogP contribution < -0.4 is 5.32 Å². The number of rotatable bonds is 3. The highest BCUT2D eigenvalue weighted by Gasteiger charge is 2.36. The van der Waals surface area contributed by atoms with Gasteiger partial charge in [0.2, 0.25) is 0 Å². The fourth-order valence-electron chi connectivity index (χ4n) is 2.99. The first-order valence-corrected chi connectivity index (χ1v) is 8.41. The Labute approximate surface area is 127 Å². The number of aryl methyl sites for hydroxylation is 1. The summed E-state index contributed by atoms with van der Waals surface area (Å²) in [5, 5.41) is 4.97. The van der Waals surface area contributed by atoms with Crippen LogP contribution in [0.3, 0.4) is 0 Å². The van der Waals surface area contributed by atoms with Crippen LogP contribution in [0.15, 0.2) is 17.4 Å². The Kier molecular flexibility index (Phi) is 5.08. The van der Waals surface area contributed by atoms with Gasteiger partial charge in [0.25, 0.3) is 0 Å². The minimum absolute atomic E-state index is 0.394. The van der Waals surface area contributed by atoms with Crippen LogP contribution >= 0.6 is 11.8 Å². The van der Waals surface area contributed by atoms with Gasteiger partial charge < -0.3 is 5.32 Å². The van der Waals surface area contributed by atoms with Crippen molar-refractivity contribution in [2.75, 3.05) is 7.05 Å². The molecule has 0 radical (unpaired) electrons. The second-order valence-corrected chi connectivity index (χ2v) is 8.11. The van der Waals surface area contributed by atoms with E-state index in [1.165, 1.54) is 19.3 Å². The van der Waals surface area contributed by atoms with Gasteiger partial charge in [-0.3, -0.25) is 0 Å². The first-order valence-electron chi connectivity index (χ1n) is 7.53. The molecule has 1 fully saturated rings. The van der Waals surface area contributed by atoms with Gasteiger partial charge in [-0.25, -0.2) is 9.97 Å². The largest absolute Gasteiger partial charge is 0.316 e. The zero-order valence-electron chi connectivity index (χ0n) is 13.3. The van der Waals surface area contributed by atoms with Crippen molar-refractivity contribution in [2.45, 2.75) is 63.4 Å². The molecular formula is C16H27N3S. The van der Waals surface area contributed by atoms with Crippen molar-refractivity contribution in [3.63, 3.8) is 0 Å². The van der Waals surface area contributed by atoms with Crippen LogP contribution in [0.1, 0.15) is 45.7 Å². The molecule has 2 rings (SSSR count). The molecule has 0 saturated heterocycles. The molecule has 1 aromatic heterocycles. The Hall–Kier alpha value is -0.610. The molecule has 3 nitrogen and oxygen atoms in total. The van der Waals surface area contributed by atoms with Gasteiger partial charge in [-0.1, -0.05) is 32.5 Å². The van der Waals surface area contributed by atoms with Crippen molar-refractivity contribution in [3.05, 3.63) is 18.0 Å². The second kappa shape index (κ2) is 6.44. The van der Waals surface area contributed by atoms with Crippen molar-refractivity contribution < 1.29 is 0 Å². The van der Waals surface area contributed by atoms with E-state index >= 15 is 0 Å². The highest BCUT2D eigenvalue weighted by atomic mass is 32.2. The Bertz CT molecular complexity index is 442. The summed E-state index contributed by atoms with van der Waals surface area (Å²) in [5.74, 6) is 0.786. The molecule has 0 spiro atoms. The van der Waals surface area contributed by atoms with E-state index in [0.717, 1.165) is 16.8 Å². The number of hydrogen-bond acceptors (Lipinski definition) is 4. The molecule has 1 saturated carbocycles. The summed E-state index contributed by atoms with van der Waals surface area (Å²) in [6.07, 6.45) is 5.68. The fraction of sp³-hybridized carbons (Fsp3) is 0.750. The molecule has 4 heteroatoms. The predicted octanol–water partition coefficient (Wildman–Crippen LogP) is 3.68. The first kappa shape index (κ1) is 15.8. The maximum Gasteiger partial charge on any atom is 0.188 e. The molecule has 1 N–H and O–H groups in total. The summed E-state index contributed by atoms with van der Waals surface area (Å²) in [4.78, 5) is 8.96. The minimum Gasteiger partial charge on any atom is -0.316 e. The molecule has 1 aliphatic rings. The van der Waals surface area contributed by atoms with E-state index in [9.17, 15) is 0 Å². The molecule has 1 aliphatic carbocycles.